The highest BCUT2D eigenvalue weighted by molar-refractivity contribution is 6.28. The lowest BCUT2D eigenvalue weighted by molar-refractivity contribution is -0.0592. The Kier molecular flexibility index (Phi) is 2.72. The van der Waals surface area contributed by atoms with Crippen molar-refractivity contribution in [2.75, 3.05) is 6.61 Å². The fraction of sp³-hybridized carbons (Fsp3) is 0.200. The first-order valence-corrected chi connectivity index (χ1v) is 6.13. The summed E-state index contributed by atoms with van der Waals surface area (Å²) in [5.41, 5.74) is -1.93. The highest BCUT2D eigenvalue weighted by Crippen LogP contribution is 2.37. The largest absolute Gasteiger partial charge is 0.393 e. The van der Waals surface area contributed by atoms with E-state index in [0.29, 0.717) is 0 Å². The second kappa shape index (κ2) is 4.21. The summed E-state index contributed by atoms with van der Waals surface area (Å²) < 4.78 is 0. The van der Waals surface area contributed by atoms with Crippen LogP contribution in [0, 0.1) is 0 Å². The number of benzene rings is 1. The average Bonchev–Trinajstić information content (AvgIpc) is 2.47. The van der Waals surface area contributed by atoms with Crippen LogP contribution in [-0.4, -0.2) is 45.2 Å². The quantitative estimate of drug-likeness (QED) is 0.669. The molecule has 0 aliphatic heterocycles. The maximum absolute atomic E-state index is 12.5. The minimum atomic E-state index is -2.15. The van der Waals surface area contributed by atoms with Crippen molar-refractivity contribution < 1.29 is 24.9 Å². The van der Waals surface area contributed by atoms with E-state index in [1.807, 2.05) is 0 Å². The van der Waals surface area contributed by atoms with Crippen LogP contribution in [0.1, 0.15) is 20.7 Å². The van der Waals surface area contributed by atoms with E-state index >= 15 is 0 Å². The molecule has 0 amide bonds. The van der Waals surface area contributed by atoms with E-state index in [1.54, 1.807) is 12.1 Å². The Bertz CT molecular complexity index is 685. The lowest BCUT2D eigenvalue weighted by Crippen LogP contribution is -2.52. The number of hydrogen-bond acceptors (Lipinski definition) is 5. The Morgan fingerprint density at radius 1 is 1.10 bits per heavy atom. The van der Waals surface area contributed by atoms with Gasteiger partial charge in [-0.3, -0.25) is 9.59 Å². The molecule has 2 aliphatic carbocycles. The molecule has 0 saturated heterocycles. The molecule has 2 aliphatic rings. The molecule has 0 heterocycles. The normalized spacial score (nSPS) is 28.4. The van der Waals surface area contributed by atoms with Crippen molar-refractivity contribution in [2.24, 2.45) is 0 Å². The molecular formula is C15H12O5. The zero-order valence-corrected chi connectivity index (χ0v) is 10.4. The molecule has 5 heteroatoms. The number of carbonyl (C=O) groups excluding carboxylic acids is 2. The van der Waals surface area contributed by atoms with Crippen LogP contribution in [0.4, 0.5) is 0 Å². The summed E-state index contributed by atoms with van der Waals surface area (Å²) >= 11 is 0. The Morgan fingerprint density at radius 3 is 2.30 bits per heavy atom. The first-order valence-electron chi connectivity index (χ1n) is 6.13. The molecular weight excluding hydrogens is 260 g/mol. The highest BCUT2D eigenvalue weighted by Gasteiger charge is 2.48. The molecule has 1 aromatic carbocycles. The molecule has 102 valence electrons. The monoisotopic (exact) mass is 272 g/mol. The van der Waals surface area contributed by atoms with E-state index in [9.17, 15) is 24.9 Å². The average molecular weight is 272 g/mol. The molecule has 0 spiro atoms. The van der Waals surface area contributed by atoms with E-state index in [2.05, 4.69) is 0 Å². The minimum absolute atomic E-state index is 0.0237. The number of hydrogen-bond donors (Lipinski definition) is 3. The van der Waals surface area contributed by atoms with Crippen molar-refractivity contribution in [3.8, 4) is 0 Å². The molecule has 0 saturated carbocycles. The Morgan fingerprint density at radius 2 is 1.70 bits per heavy atom. The summed E-state index contributed by atoms with van der Waals surface area (Å²) in [5, 5.41) is 29.6. The number of fused-ring (bicyclic) bond motifs is 1. The van der Waals surface area contributed by atoms with E-state index in [-0.39, 0.29) is 22.3 Å². The van der Waals surface area contributed by atoms with Gasteiger partial charge in [0.25, 0.3) is 0 Å². The predicted molar refractivity (Wildman–Crippen MR) is 69.3 cm³/mol. The van der Waals surface area contributed by atoms with Crippen molar-refractivity contribution in [2.45, 2.75) is 11.7 Å². The van der Waals surface area contributed by atoms with Gasteiger partial charge in [-0.1, -0.05) is 36.4 Å². The molecule has 1 aromatic rings. The third kappa shape index (κ3) is 1.48. The fourth-order valence-corrected chi connectivity index (χ4v) is 2.65. The van der Waals surface area contributed by atoms with Crippen LogP contribution < -0.4 is 0 Å². The van der Waals surface area contributed by atoms with Crippen LogP contribution in [0.5, 0.6) is 0 Å². The second-order valence-corrected chi connectivity index (χ2v) is 4.88. The number of carbonyl (C=O) groups is 2. The van der Waals surface area contributed by atoms with E-state index in [0.717, 1.165) is 0 Å². The van der Waals surface area contributed by atoms with Crippen molar-refractivity contribution in [1.82, 2.24) is 0 Å². The van der Waals surface area contributed by atoms with E-state index in [4.69, 9.17) is 0 Å². The molecule has 2 atom stereocenters. The standard InChI is InChI=1S/C15H12O5/c16-7-15(20)11(17)6-5-10-12(15)14(19)9-4-2-1-3-8(9)13(10)18/h1-6,11,16-17,20H,7H2. The van der Waals surface area contributed by atoms with Gasteiger partial charge >= 0.3 is 0 Å². The molecule has 0 fully saturated rings. The third-order valence-corrected chi connectivity index (χ3v) is 3.77. The third-order valence-electron chi connectivity index (χ3n) is 3.77. The van der Waals surface area contributed by atoms with E-state index in [1.165, 1.54) is 24.3 Å². The van der Waals surface area contributed by atoms with Gasteiger partial charge in [-0.15, -0.1) is 0 Å². The number of ketones is 2. The SMILES string of the molecule is O=C1C2=C(C(=O)c3ccccc31)C(O)(CO)C(O)C=C2. The topological polar surface area (TPSA) is 94.8 Å². The molecule has 20 heavy (non-hydrogen) atoms. The predicted octanol–water partition coefficient (Wildman–Crippen LogP) is 0.0163. The van der Waals surface area contributed by atoms with Crippen molar-refractivity contribution in [3.05, 3.63) is 58.7 Å². The van der Waals surface area contributed by atoms with Gasteiger partial charge in [-0.05, 0) is 0 Å². The number of allylic oxidation sites excluding steroid dienone is 2. The Hall–Kier alpha value is -2.08. The Balaban J connectivity index is 2.28. The Labute approximate surface area is 114 Å². The molecule has 0 radical (unpaired) electrons. The van der Waals surface area contributed by atoms with Crippen LogP contribution >= 0.6 is 0 Å². The summed E-state index contributed by atoms with van der Waals surface area (Å²) in [7, 11) is 0. The smallest absolute Gasteiger partial charge is 0.194 e. The fourth-order valence-electron chi connectivity index (χ4n) is 2.65. The zero-order valence-electron chi connectivity index (χ0n) is 10.4. The van der Waals surface area contributed by atoms with Crippen LogP contribution in [0.3, 0.4) is 0 Å². The number of aliphatic hydroxyl groups excluding tert-OH is 2. The first kappa shape index (κ1) is 12.9. The second-order valence-electron chi connectivity index (χ2n) is 4.88. The van der Waals surface area contributed by atoms with Crippen LogP contribution in [0.2, 0.25) is 0 Å². The molecule has 3 rings (SSSR count). The van der Waals surface area contributed by atoms with Gasteiger partial charge in [-0.25, -0.2) is 0 Å². The van der Waals surface area contributed by atoms with Gasteiger partial charge in [0.2, 0.25) is 0 Å². The van der Waals surface area contributed by atoms with Gasteiger partial charge in [0.1, 0.15) is 11.7 Å². The van der Waals surface area contributed by atoms with Crippen molar-refractivity contribution >= 4 is 11.6 Å². The first-order chi connectivity index (χ1) is 9.50. The summed E-state index contributed by atoms with van der Waals surface area (Å²) in [6, 6.07) is 6.29. The van der Waals surface area contributed by atoms with Gasteiger partial charge in [0.15, 0.2) is 11.6 Å². The van der Waals surface area contributed by atoms with Crippen molar-refractivity contribution in [1.29, 1.82) is 0 Å². The lowest BCUT2D eigenvalue weighted by Gasteiger charge is -2.37. The summed E-state index contributed by atoms with van der Waals surface area (Å²) in [5.74, 6) is -0.944. The maximum atomic E-state index is 12.5. The summed E-state index contributed by atoms with van der Waals surface area (Å²) in [6.45, 7) is -0.849. The maximum Gasteiger partial charge on any atom is 0.194 e. The molecule has 0 bridgehead atoms. The number of Topliss-reactive ketones (excluding diaryl/α,β-unsaturated/α-hetero) is 2. The number of rotatable bonds is 1. The lowest BCUT2D eigenvalue weighted by atomic mass is 9.72. The zero-order chi connectivity index (χ0) is 14.5. The van der Waals surface area contributed by atoms with Crippen LogP contribution in [-0.2, 0) is 0 Å². The molecule has 3 N–H and O–H groups in total. The number of aliphatic hydroxyl groups is 3. The van der Waals surface area contributed by atoms with E-state index < -0.39 is 29.9 Å². The van der Waals surface area contributed by atoms with Gasteiger partial charge in [0, 0.05) is 22.3 Å². The minimum Gasteiger partial charge on any atom is -0.393 e. The van der Waals surface area contributed by atoms with Gasteiger partial charge < -0.3 is 15.3 Å². The van der Waals surface area contributed by atoms with Crippen LogP contribution in [0.25, 0.3) is 0 Å². The molecule has 2 unspecified atom stereocenters. The molecule has 0 aromatic heterocycles. The van der Waals surface area contributed by atoms with Crippen LogP contribution in [0.15, 0.2) is 47.6 Å². The van der Waals surface area contributed by atoms with Gasteiger partial charge in [0.05, 0.1) is 6.61 Å². The highest BCUT2D eigenvalue weighted by atomic mass is 16.4. The molecule has 5 nitrogen and oxygen atoms in total. The van der Waals surface area contributed by atoms with Gasteiger partial charge in [-0.2, -0.15) is 0 Å². The summed E-state index contributed by atoms with van der Waals surface area (Å²) in [4.78, 5) is 24.9. The van der Waals surface area contributed by atoms with Crippen molar-refractivity contribution in [3.63, 3.8) is 0 Å². The summed E-state index contributed by atoms with van der Waals surface area (Å²) in [6.07, 6.45) is 1.09.